The van der Waals surface area contributed by atoms with Crippen LogP contribution >= 0.6 is 0 Å². The van der Waals surface area contributed by atoms with Gasteiger partial charge in [0.1, 0.15) is 23.6 Å². The Kier molecular flexibility index (Phi) is 8.01. The average molecular weight is 537 g/mol. The number of rotatable bonds is 12. The van der Waals surface area contributed by atoms with Gasteiger partial charge >= 0.3 is 5.97 Å². The van der Waals surface area contributed by atoms with Crippen LogP contribution in [0.2, 0.25) is 0 Å². The highest BCUT2D eigenvalue weighted by Crippen LogP contribution is 2.25. The minimum absolute atomic E-state index is 0.515. The first-order chi connectivity index (χ1) is 19.4. The fraction of sp³-hybridized carbons (Fsp3) is 0.212. The summed E-state index contributed by atoms with van der Waals surface area (Å²) < 4.78 is 17.7. The van der Waals surface area contributed by atoms with Gasteiger partial charge in [-0.05, 0) is 73.4 Å². The molecule has 4 aromatic carbocycles. The Bertz CT molecular complexity index is 1510. The maximum Gasteiger partial charge on any atom is 0.347 e. The summed E-state index contributed by atoms with van der Waals surface area (Å²) in [4.78, 5) is 18.2. The monoisotopic (exact) mass is 536 g/mol. The zero-order valence-electron chi connectivity index (χ0n) is 22.6. The fourth-order valence-corrected chi connectivity index (χ4v) is 4.22. The van der Waals surface area contributed by atoms with Crippen LogP contribution in [0.5, 0.6) is 11.5 Å². The molecule has 7 nitrogen and oxygen atoms in total. The number of anilines is 1. The third kappa shape index (κ3) is 6.80. The predicted molar refractivity (Wildman–Crippen MR) is 155 cm³/mol. The minimum Gasteiger partial charge on any atom is -0.489 e. The molecule has 1 heterocycles. The van der Waals surface area contributed by atoms with Crippen molar-refractivity contribution < 1.29 is 23.8 Å². The zero-order valence-corrected chi connectivity index (χ0v) is 22.6. The van der Waals surface area contributed by atoms with Crippen LogP contribution in [0.1, 0.15) is 30.5 Å². The summed E-state index contributed by atoms with van der Waals surface area (Å²) in [5.74, 6) is 0.317. The number of aromatic nitrogens is 1. The van der Waals surface area contributed by atoms with E-state index in [0.29, 0.717) is 31.5 Å². The van der Waals surface area contributed by atoms with Crippen molar-refractivity contribution in [3.8, 4) is 11.5 Å². The lowest BCUT2D eigenvalue weighted by molar-refractivity contribution is -0.152. The largest absolute Gasteiger partial charge is 0.489 e. The molecule has 204 valence electrons. The predicted octanol–water partition coefficient (Wildman–Crippen LogP) is 6.90. The summed E-state index contributed by atoms with van der Waals surface area (Å²) in [5.41, 5.74) is 3.58. The van der Waals surface area contributed by atoms with Gasteiger partial charge < -0.3 is 23.9 Å². The second-order valence-corrected chi connectivity index (χ2v) is 10.1. The Morgan fingerprint density at radius 2 is 1.48 bits per heavy atom. The molecule has 0 saturated carbocycles. The number of fused-ring (bicyclic) bond motifs is 1. The molecular formula is C33H32N2O5. The van der Waals surface area contributed by atoms with Crippen molar-refractivity contribution >= 4 is 23.1 Å². The van der Waals surface area contributed by atoms with E-state index in [9.17, 15) is 9.90 Å². The van der Waals surface area contributed by atoms with E-state index in [2.05, 4.69) is 17.0 Å². The first kappa shape index (κ1) is 26.8. The first-order valence-electron chi connectivity index (χ1n) is 13.2. The molecule has 5 aromatic rings. The normalized spacial score (nSPS) is 11.3. The maximum atomic E-state index is 11.4. The summed E-state index contributed by atoms with van der Waals surface area (Å²) in [6.45, 7) is 4.86. The Labute approximate surface area is 233 Å². The van der Waals surface area contributed by atoms with Crippen molar-refractivity contribution in [1.29, 1.82) is 0 Å². The van der Waals surface area contributed by atoms with Crippen molar-refractivity contribution in [1.82, 2.24) is 4.98 Å². The molecule has 0 saturated heterocycles. The number of benzene rings is 4. The third-order valence-corrected chi connectivity index (χ3v) is 6.58. The van der Waals surface area contributed by atoms with Crippen molar-refractivity contribution in [3.63, 3.8) is 0 Å². The van der Waals surface area contributed by atoms with Crippen LogP contribution in [-0.4, -0.2) is 28.2 Å². The fourth-order valence-electron chi connectivity index (χ4n) is 4.22. The van der Waals surface area contributed by atoms with Gasteiger partial charge in [0.05, 0.1) is 0 Å². The van der Waals surface area contributed by atoms with Gasteiger partial charge in [-0.15, -0.1) is 0 Å². The molecule has 0 aliphatic rings. The van der Waals surface area contributed by atoms with Crippen molar-refractivity contribution in [2.45, 2.75) is 39.0 Å². The van der Waals surface area contributed by atoms with E-state index < -0.39 is 11.6 Å². The molecule has 0 unspecified atom stereocenters. The van der Waals surface area contributed by atoms with Crippen LogP contribution in [0.15, 0.2) is 108 Å². The van der Waals surface area contributed by atoms with Gasteiger partial charge in [0, 0.05) is 13.1 Å². The lowest BCUT2D eigenvalue weighted by Crippen LogP contribution is -2.37. The molecule has 5 rings (SSSR count). The summed E-state index contributed by atoms with van der Waals surface area (Å²) in [7, 11) is 0. The van der Waals surface area contributed by atoms with Gasteiger partial charge in [-0.2, -0.15) is 4.98 Å². The summed E-state index contributed by atoms with van der Waals surface area (Å²) in [6, 6.07) is 34.0. The van der Waals surface area contributed by atoms with Crippen LogP contribution < -0.4 is 14.4 Å². The molecular weight excluding hydrogens is 504 g/mol. The van der Waals surface area contributed by atoms with Gasteiger partial charge in [-0.25, -0.2) is 4.79 Å². The van der Waals surface area contributed by atoms with Crippen molar-refractivity contribution in [2.24, 2.45) is 0 Å². The standard InChI is InChI=1S/C33H32N2O5/c1-33(2,31(36)37)40-28-18-12-24(13-19-28)20-21-35(32-34-29-10-6-7-11-30(29)39-32)22-25-14-16-27(17-15-25)38-23-26-8-4-3-5-9-26/h3-19H,20-23H2,1-2H3,(H,36,37). The molecule has 0 aliphatic heterocycles. The van der Waals surface area contributed by atoms with Crippen LogP contribution in [-0.2, 0) is 24.4 Å². The molecule has 0 fully saturated rings. The molecule has 1 aromatic heterocycles. The highest BCUT2D eigenvalue weighted by Gasteiger charge is 2.29. The Hall–Kier alpha value is -4.78. The van der Waals surface area contributed by atoms with Crippen molar-refractivity contribution in [2.75, 3.05) is 11.4 Å². The summed E-state index contributed by atoms with van der Waals surface area (Å²) >= 11 is 0. The maximum absolute atomic E-state index is 11.4. The second-order valence-electron chi connectivity index (χ2n) is 10.1. The number of para-hydroxylation sites is 2. The SMILES string of the molecule is CC(C)(Oc1ccc(CCN(Cc2ccc(OCc3ccccc3)cc2)c2nc3ccccc3o2)cc1)C(=O)O. The smallest absolute Gasteiger partial charge is 0.347 e. The van der Waals surface area contributed by atoms with E-state index in [1.165, 1.54) is 13.8 Å². The number of carbonyl (C=O) groups is 1. The first-order valence-corrected chi connectivity index (χ1v) is 13.2. The van der Waals surface area contributed by atoms with Crippen LogP contribution in [0.4, 0.5) is 6.01 Å². The second kappa shape index (κ2) is 11.9. The van der Waals surface area contributed by atoms with E-state index >= 15 is 0 Å². The molecule has 40 heavy (non-hydrogen) atoms. The number of ether oxygens (including phenoxy) is 2. The average Bonchev–Trinajstić information content (AvgIpc) is 3.40. The summed E-state index contributed by atoms with van der Waals surface area (Å²) in [6.07, 6.45) is 0.736. The van der Waals surface area contributed by atoms with Gasteiger partial charge in [-0.3, -0.25) is 0 Å². The molecule has 0 atom stereocenters. The molecule has 7 heteroatoms. The Morgan fingerprint density at radius 1 is 0.825 bits per heavy atom. The molecule has 0 aliphatic carbocycles. The van der Waals surface area contributed by atoms with Gasteiger partial charge in [0.2, 0.25) is 0 Å². The number of hydrogen-bond donors (Lipinski definition) is 1. The topological polar surface area (TPSA) is 85.0 Å². The van der Waals surface area contributed by atoms with E-state index in [1.807, 2.05) is 78.9 Å². The number of hydrogen-bond acceptors (Lipinski definition) is 6. The number of carboxylic acid groups (broad SMARTS) is 1. The minimum atomic E-state index is -1.30. The molecule has 0 radical (unpaired) electrons. The number of oxazole rings is 1. The van der Waals surface area contributed by atoms with E-state index in [1.54, 1.807) is 12.1 Å². The molecule has 1 N–H and O–H groups in total. The van der Waals surface area contributed by atoms with Gasteiger partial charge in [0.25, 0.3) is 6.01 Å². The highest BCUT2D eigenvalue weighted by atomic mass is 16.5. The number of nitrogens with zero attached hydrogens (tertiary/aromatic N) is 2. The van der Waals surface area contributed by atoms with E-state index in [4.69, 9.17) is 18.9 Å². The zero-order chi connectivity index (χ0) is 28.0. The van der Waals surface area contributed by atoms with Gasteiger partial charge in [-0.1, -0.05) is 66.7 Å². The number of carboxylic acids is 1. The lowest BCUT2D eigenvalue weighted by Gasteiger charge is -2.22. The molecule has 0 amide bonds. The lowest BCUT2D eigenvalue weighted by atomic mass is 10.1. The quantitative estimate of drug-likeness (QED) is 0.186. The summed E-state index contributed by atoms with van der Waals surface area (Å²) in [5, 5.41) is 9.32. The Balaban J connectivity index is 1.27. The van der Waals surface area contributed by atoms with Crippen LogP contribution in [0.25, 0.3) is 11.1 Å². The van der Waals surface area contributed by atoms with Crippen LogP contribution in [0.3, 0.4) is 0 Å². The van der Waals surface area contributed by atoms with E-state index in [0.717, 1.165) is 40.0 Å². The third-order valence-electron chi connectivity index (χ3n) is 6.58. The van der Waals surface area contributed by atoms with Gasteiger partial charge in [0.15, 0.2) is 11.2 Å². The molecule has 0 bridgehead atoms. The highest BCUT2D eigenvalue weighted by molar-refractivity contribution is 5.76. The van der Waals surface area contributed by atoms with E-state index in [-0.39, 0.29) is 0 Å². The number of aliphatic carboxylic acids is 1. The van der Waals surface area contributed by atoms with Crippen LogP contribution in [0, 0.1) is 0 Å². The van der Waals surface area contributed by atoms with Crippen molar-refractivity contribution in [3.05, 3.63) is 120 Å². The molecule has 0 spiro atoms. The Morgan fingerprint density at radius 3 is 2.17 bits per heavy atom.